The Bertz CT molecular complexity index is 1180. The molecule has 0 radical (unpaired) electrons. The summed E-state index contributed by atoms with van der Waals surface area (Å²) in [7, 11) is 0. The van der Waals surface area contributed by atoms with Gasteiger partial charge in [-0.1, -0.05) is 0 Å². The fourth-order valence-corrected chi connectivity index (χ4v) is 2.70. The maximum atomic E-state index is 13.5. The largest absolute Gasteiger partial charge is 0.450 e. The summed E-state index contributed by atoms with van der Waals surface area (Å²) in [5.74, 6) is -1.30. The topological polar surface area (TPSA) is 89.6 Å². The van der Waals surface area contributed by atoms with Crippen LogP contribution in [0.3, 0.4) is 0 Å². The Morgan fingerprint density at radius 1 is 1.12 bits per heavy atom. The van der Waals surface area contributed by atoms with Gasteiger partial charge in [0.1, 0.15) is 0 Å². The number of H-pyrrole nitrogens is 1. The molecule has 0 saturated carbocycles. The molecule has 4 rings (SSSR count). The van der Waals surface area contributed by atoms with E-state index in [0.29, 0.717) is 15.5 Å². The Morgan fingerprint density at radius 3 is 2.68 bits per heavy atom. The highest BCUT2D eigenvalue weighted by Crippen LogP contribution is 2.30. The Hall–Kier alpha value is -3.36. The predicted molar refractivity (Wildman–Crippen MR) is 86.4 cm³/mol. The summed E-state index contributed by atoms with van der Waals surface area (Å²) in [4.78, 5) is 16.4. The molecule has 0 atom stereocenters. The van der Waals surface area contributed by atoms with E-state index in [1.807, 2.05) is 0 Å². The number of nitrogens with two attached hydrogens (primary N) is 1. The molecular weight excluding hydrogens is 335 g/mol. The number of anilines is 1. The molecule has 2 aromatic heterocycles. The number of nitrogens with zero attached hydrogens (tertiary/aromatic N) is 3. The number of halogens is 3. The molecule has 9 heteroatoms. The minimum atomic E-state index is -4.81. The summed E-state index contributed by atoms with van der Waals surface area (Å²) in [6.07, 6.45) is -3.27. The smallest absolute Gasteiger partial charge is 0.399 e. The number of rotatable bonds is 1. The molecule has 0 unspecified atom stereocenters. The first-order valence-corrected chi connectivity index (χ1v) is 7.17. The van der Waals surface area contributed by atoms with Crippen molar-refractivity contribution in [3.63, 3.8) is 0 Å². The normalized spacial score (nSPS) is 12.1. The minimum Gasteiger partial charge on any atom is -0.399 e. The lowest BCUT2D eigenvalue weighted by Gasteiger charge is -2.15. The maximum absolute atomic E-state index is 13.5. The lowest BCUT2D eigenvalue weighted by atomic mass is 10.2. The van der Waals surface area contributed by atoms with Crippen LogP contribution in [0, 0.1) is 0 Å². The molecule has 0 aliphatic heterocycles. The van der Waals surface area contributed by atoms with Crippen molar-refractivity contribution >= 4 is 27.5 Å². The van der Waals surface area contributed by atoms with Gasteiger partial charge >= 0.3 is 6.18 Å². The summed E-state index contributed by atoms with van der Waals surface area (Å²) in [5, 5.41) is 7.21. The van der Waals surface area contributed by atoms with Crippen LogP contribution in [0.5, 0.6) is 0 Å². The van der Waals surface area contributed by atoms with Crippen LogP contribution in [0.4, 0.5) is 18.9 Å². The van der Waals surface area contributed by atoms with E-state index in [4.69, 9.17) is 5.73 Å². The molecule has 0 aliphatic rings. The third kappa shape index (κ3) is 2.40. The van der Waals surface area contributed by atoms with Gasteiger partial charge in [-0.25, -0.2) is 4.98 Å². The molecule has 126 valence electrons. The molecule has 0 spiro atoms. The molecule has 4 aromatic rings. The number of nitrogens with one attached hydrogen (secondary N) is 1. The first-order chi connectivity index (χ1) is 11.8. The molecule has 3 N–H and O–H groups in total. The number of fused-ring (bicyclic) bond motifs is 2. The number of hydrogen-bond donors (Lipinski definition) is 2. The molecular formula is C16H10F3N5O. The van der Waals surface area contributed by atoms with Crippen molar-refractivity contribution in [2.24, 2.45) is 0 Å². The summed E-state index contributed by atoms with van der Waals surface area (Å²) in [6.45, 7) is 0. The fraction of sp³-hybridized carbons (Fsp3) is 0.0625. The van der Waals surface area contributed by atoms with Crippen LogP contribution in [0.2, 0.25) is 0 Å². The summed E-state index contributed by atoms with van der Waals surface area (Å²) >= 11 is 0. The highest BCUT2D eigenvalue weighted by molar-refractivity contribution is 5.83. The van der Waals surface area contributed by atoms with Crippen LogP contribution in [0.15, 0.2) is 47.4 Å². The zero-order valence-electron chi connectivity index (χ0n) is 12.5. The number of aromatic amines is 1. The van der Waals surface area contributed by atoms with E-state index >= 15 is 0 Å². The lowest BCUT2D eigenvalue weighted by Crippen LogP contribution is -2.28. The third-order valence-electron chi connectivity index (χ3n) is 3.83. The molecule has 2 aromatic carbocycles. The van der Waals surface area contributed by atoms with Gasteiger partial charge in [0.15, 0.2) is 0 Å². The van der Waals surface area contributed by atoms with E-state index in [0.717, 1.165) is 0 Å². The standard InChI is InChI=1S/C16H10F3N5O/c17-16(18,19)15-22-12-4-2-9(20)5-11(12)14(25)24(15)10-3-1-8-7-21-23-13(8)6-10/h1-7H,20H2,(H,21,23). The van der Waals surface area contributed by atoms with Gasteiger partial charge < -0.3 is 5.73 Å². The van der Waals surface area contributed by atoms with E-state index in [1.54, 1.807) is 6.07 Å². The van der Waals surface area contributed by atoms with Crippen LogP contribution < -0.4 is 11.3 Å². The van der Waals surface area contributed by atoms with E-state index in [9.17, 15) is 18.0 Å². The summed E-state index contributed by atoms with van der Waals surface area (Å²) < 4.78 is 41.1. The zero-order chi connectivity index (χ0) is 17.8. The minimum absolute atomic E-state index is 0.0118. The zero-order valence-corrected chi connectivity index (χ0v) is 12.5. The Labute approximate surface area is 137 Å². The Balaban J connectivity index is 2.12. The summed E-state index contributed by atoms with van der Waals surface area (Å²) in [5.41, 5.74) is 5.55. The van der Waals surface area contributed by atoms with Crippen LogP contribution in [-0.4, -0.2) is 19.7 Å². The SMILES string of the molecule is Nc1ccc2nc(C(F)(F)F)n(-c3ccc4cn[nH]c4c3)c(=O)c2c1. The molecule has 0 saturated heterocycles. The molecule has 0 fully saturated rings. The van der Waals surface area contributed by atoms with E-state index < -0.39 is 17.6 Å². The number of benzene rings is 2. The van der Waals surface area contributed by atoms with Gasteiger partial charge in [-0.3, -0.25) is 14.5 Å². The van der Waals surface area contributed by atoms with Crippen LogP contribution in [-0.2, 0) is 6.18 Å². The van der Waals surface area contributed by atoms with Gasteiger partial charge in [-0.15, -0.1) is 0 Å². The Morgan fingerprint density at radius 2 is 1.92 bits per heavy atom. The van der Waals surface area contributed by atoms with Crippen LogP contribution in [0.1, 0.15) is 5.82 Å². The van der Waals surface area contributed by atoms with Crippen LogP contribution in [0.25, 0.3) is 27.5 Å². The number of aromatic nitrogens is 4. The molecule has 6 nitrogen and oxygen atoms in total. The highest BCUT2D eigenvalue weighted by atomic mass is 19.4. The third-order valence-corrected chi connectivity index (χ3v) is 3.83. The second-order valence-electron chi connectivity index (χ2n) is 5.49. The van der Waals surface area contributed by atoms with Crippen LogP contribution >= 0.6 is 0 Å². The van der Waals surface area contributed by atoms with Crippen molar-refractivity contribution in [1.82, 2.24) is 19.7 Å². The van der Waals surface area contributed by atoms with Crippen molar-refractivity contribution in [3.8, 4) is 5.69 Å². The van der Waals surface area contributed by atoms with E-state index in [-0.39, 0.29) is 22.3 Å². The van der Waals surface area contributed by atoms with Gasteiger partial charge in [0.2, 0.25) is 5.82 Å². The average Bonchev–Trinajstić information content (AvgIpc) is 3.02. The van der Waals surface area contributed by atoms with Gasteiger partial charge in [-0.2, -0.15) is 18.3 Å². The molecule has 0 aliphatic carbocycles. The quantitative estimate of drug-likeness (QED) is 0.519. The molecule has 0 amide bonds. The monoisotopic (exact) mass is 345 g/mol. The lowest BCUT2D eigenvalue weighted by molar-refractivity contribution is -0.146. The number of hydrogen-bond acceptors (Lipinski definition) is 4. The molecule has 0 bridgehead atoms. The van der Waals surface area contributed by atoms with Gasteiger partial charge in [0.05, 0.1) is 28.3 Å². The predicted octanol–water partition coefficient (Wildman–Crippen LogP) is 2.86. The van der Waals surface area contributed by atoms with Gasteiger partial charge in [0.25, 0.3) is 5.56 Å². The van der Waals surface area contributed by atoms with Crippen molar-refractivity contribution < 1.29 is 13.2 Å². The number of nitrogen functional groups attached to an aromatic ring is 1. The van der Waals surface area contributed by atoms with Crippen molar-refractivity contribution in [2.45, 2.75) is 6.18 Å². The van der Waals surface area contributed by atoms with Gasteiger partial charge in [-0.05, 0) is 36.4 Å². The van der Waals surface area contributed by atoms with Gasteiger partial charge in [0, 0.05) is 11.1 Å². The average molecular weight is 345 g/mol. The van der Waals surface area contributed by atoms with E-state index in [2.05, 4.69) is 15.2 Å². The number of alkyl halides is 3. The molecule has 2 heterocycles. The van der Waals surface area contributed by atoms with Crippen molar-refractivity contribution in [2.75, 3.05) is 5.73 Å². The Kier molecular flexibility index (Phi) is 3.08. The first kappa shape index (κ1) is 15.2. The summed E-state index contributed by atoms with van der Waals surface area (Å²) in [6, 6.07) is 8.41. The second kappa shape index (κ2) is 5.07. The first-order valence-electron chi connectivity index (χ1n) is 7.17. The highest BCUT2D eigenvalue weighted by Gasteiger charge is 2.37. The van der Waals surface area contributed by atoms with Crippen molar-refractivity contribution in [1.29, 1.82) is 0 Å². The van der Waals surface area contributed by atoms with E-state index in [1.165, 1.54) is 36.5 Å². The fourth-order valence-electron chi connectivity index (χ4n) is 2.70. The second-order valence-corrected chi connectivity index (χ2v) is 5.49. The maximum Gasteiger partial charge on any atom is 0.450 e. The molecule has 25 heavy (non-hydrogen) atoms. The van der Waals surface area contributed by atoms with Crippen molar-refractivity contribution in [3.05, 3.63) is 58.8 Å².